The molecule has 0 saturated heterocycles. The molecule has 4 rings (SSSR count). The van der Waals surface area contributed by atoms with Gasteiger partial charge in [0.25, 0.3) is 20.0 Å². The standard InChI is InChI=1S/C25H33N5O7S3/c1-17-12-30(18(2)15-31)24(32)11-19-10-20(27-39(33,34)23-14-28(3)16-26-23)7-8-21(19)37-22(17)13-29(4)40(35,36)25-6-5-9-38-25/h5-10,14,16-18,22,27,31H,11-13,15H2,1-4H3/t17-,18-,22+/m0/s1. The van der Waals surface area contributed by atoms with Crippen molar-refractivity contribution in [1.29, 1.82) is 0 Å². The number of aliphatic hydroxyl groups is 1. The van der Waals surface area contributed by atoms with Crippen LogP contribution in [-0.4, -0.2) is 85.5 Å². The molecule has 1 aliphatic rings. The van der Waals surface area contributed by atoms with Gasteiger partial charge < -0.3 is 19.3 Å². The lowest BCUT2D eigenvalue weighted by Gasteiger charge is -2.33. The zero-order chi connectivity index (χ0) is 29.2. The predicted molar refractivity (Wildman–Crippen MR) is 150 cm³/mol. The van der Waals surface area contributed by atoms with Crippen molar-refractivity contribution in [3.8, 4) is 5.75 Å². The molecule has 12 nitrogen and oxygen atoms in total. The van der Waals surface area contributed by atoms with Gasteiger partial charge in [-0.15, -0.1) is 11.3 Å². The van der Waals surface area contributed by atoms with E-state index in [0.29, 0.717) is 11.3 Å². The number of benzene rings is 1. The molecule has 0 spiro atoms. The number of hydrogen-bond acceptors (Lipinski definition) is 9. The fourth-order valence-electron chi connectivity index (χ4n) is 4.36. The minimum absolute atomic E-state index is 0.00440. The van der Waals surface area contributed by atoms with Gasteiger partial charge >= 0.3 is 0 Å². The van der Waals surface area contributed by atoms with Crippen molar-refractivity contribution in [1.82, 2.24) is 18.8 Å². The van der Waals surface area contributed by atoms with E-state index in [1.807, 2.05) is 6.92 Å². The minimum Gasteiger partial charge on any atom is -0.488 e. The molecule has 3 atom stereocenters. The molecule has 0 fully saturated rings. The van der Waals surface area contributed by atoms with Crippen molar-refractivity contribution >= 4 is 43.0 Å². The number of sulfonamides is 2. The molecule has 0 bridgehead atoms. The van der Waals surface area contributed by atoms with Gasteiger partial charge in [0, 0.05) is 44.0 Å². The van der Waals surface area contributed by atoms with Crippen LogP contribution in [0.2, 0.25) is 0 Å². The van der Waals surface area contributed by atoms with Crippen molar-refractivity contribution in [2.45, 2.75) is 41.6 Å². The number of nitrogens with zero attached hydrogens (tertiary/aromatic N) is 4. The van der Waals surface area contributed by atoms with Crippen molar-refractivity contribution < 1.29 is 31.5 Å². The summed E-state index contributed by atoms with van der Waals surface area (Å²) in [6, 6.07) is 7.32. The number of amides is 1. The van der Waals surface area contributed by atoms with E-state index in [4.69, 9.17) is 4.74 Å². The van der Waals surface area contributed by atoms with E-state index >= 15 is 0 Å². The molecule has 1 amide bonds. The molecular weight excluding hydrogens is 579 g/mol. The van der Waals surface area contributed by atoms with Crippen molar-refractivity contribution in [2.75, 3.05) is 31.5 Å². The molecule has 0 unspecified atom stereocenters. The molecule has 218 valence electrons. The Morgan fingerprint density at radius 2 is 2.02 bits per heavy atom. The number of likely N-dealkylation sites (N-methyl/N-ethyl adjacent to an activating group) is 1. The summed E-state index contributed by atoms with van der Waals surface area (Å²) in [6.07, 6.45) is 1.97. The Morgan fingerprint density at radius 3 is 2.65 bits per heavy atom. The predicted octanol–water partition coefficient (Wildman–Crippen LogP) is 1.75. The number of thiophene rings is 1. The number of aryl methyl sites for hydroxylation is 1. The number of fused-ring (bicyclic) bond motifs is 1. The summed E-state index contributed by atoms with van der Waals surface area (Å²) >= 11 is 1.12. The quantitative estimate of drug-likeness (QED) is 0.372. The Morgan fingerprint density at radius 1 is 1.27 bits per heavy atom. The topological polar surface area (TPSA) is 151 Å². The van der Waals surface area contributed by atoms with Crippen molar-refractivity contribution in [3.63, 3.8) is 0 Å². The molecule has 0 saturated carbocycles. The van der Waals surface area contributed by atoms with Crippen LogP contribution < -0.4 is 9.46 Å². The van der Waals surface area contributed by atoms with Gasteiger partial charge in [0.2, 0.25) is 5.91 Å². The van der Waals surface area contributed by atoms with Gasteiger partial charge in [-0.25, -0.2) is 13.4 Å². The first-order valence-electron chi connectivity index (χ1n) is 12.5. The average Bonchev–Trinajstić information content (AvgIpc) is 3.60. The third-order valence-electron chi connectivity index (χ3n) is 6.72. The molecule has 3 aromatic rings. The maximum atomic E-state index is 13.4. The first kappa shape index (κ1) is 30.0. The van der Waals surface area contributed by atoms with E-state index in [-0.39, 0.29) is 52.9 Å². The first-order chi connectivity index (χ1) is 18.8. The highest BCUT2D eigenvalue weighted by Crippen LogP contribution is 2.31. The summed E-state index contributed by atoms with van der Waals surface area (Å²) in [7, 11) is -4.60. The molecule has 15 heteroatoms. The normalized spacial score (nSPS) is 19.4. The molecule has 0 radical (unpaired) electrons. The van der Waals surface area contributed by atoms with Crippen LogP contribution in [0.25, 0.3) is 0 Å². The monoisotopic (exact) mass is 611 g/mol. The number of anilines is 1. The second-order valence-corrected chi connectivity index (χ2v) is 14.8. The smallest absolute Gasteiger partial charge is 0.280 e. The maximum Gasteiger partial charge on any atom is 0.280 e. The zero-order valence-corrected chi connectivity index (χ0v) is 25.0. The lowest BCUT2D eigenvalue weighted by atomic mass is 10.0. The third-order valence-corrected chi connectivity index (χ3v) is 11.2. The highest BCUT2D eigenvalue weighted by atomic mass is 32.2. The summed E-state index contributed by atoms with van der Waals surface area (Å²) in [5.74, 6) is -0.248. The number of nitrogens with one attached hydrogen (secondary N) is 1. The third kappa shape index (κ3) is 6.49. The summed E-state index contributed by atoms with van der Waals surface area (Å²) in [4.78, 5) is 18.8. The van der Waals surface area contributed by atoms with Crippen LogP contribution in [0.1, 0.15) is 19.4 Å². The Bertz CT molecular complexity index is 1550. The molecule has 1 aromatic carbocycles. The fourth-order valence-corrected chi connectivity index (χ4v) is 7.78. The van der Waals surface area contributed by atoms with Gasteiger partial charge in [-0.05, 0) is 36.6 Å². The van der Waals surface area contributed by atoms with Gasteiger partial charge in [0.15, 0.2) is 5.03 Å². The minimum atomic E-state index is -3.98. The van der Waals surface area contributed by atoms with E-state index < -0.39 is 32.2 Å². The highest BCUT2D eigenvalue weighted by Gasteiger charge is 2.34. The van der Waals surface area contributed by atoms with E-state index in [1.165, 1.54) is 46.6 Å². The summed E-state index contributed by atoms with van der Waals surface area (Å²) in [5, 5.41) is 11.4. The Hall–Kier alpha value is -2.98. The zero-order valence-electron chi connectivity index (χ0n) is 22.6. The number of ether oxygens (including phenoxy) is 1. The molecule has 0 aliphatic carbocycles. The van der Waals surface area contributed by atoms with Crippen LogP contribution in [-0.2, 0) is 38.3 Å². The van der Waals surface area contributed by atoms with Crippen LogP contribution in [0.4, 0.5) is 5.69 Å². The molecule has 2 aromatic heterocycles. The highest BCUT2D eigenvalue weighted by molar-refractivity contribution is 7.92. The molecule has 3 heterocycles. The second kappa shape index (κ2) is 11.9. The van der Waals surface area contributed by atoms with Crippen LogP contribution in [0.3, 0.4) is 0 Å². The SMILES string of the molecule is C[C@H]1CN([C@@H](C)CO)C(=O)Cc2cc(NS(=O)(=O)c3cn(C)cn3)ccc2O[C@@H]1CN(C)S(=O)(=O)c1cccs1. The number of aliphatic hydroxyl groups excluding tert-OH is 1. The summed E-state index contributed by atoms with van der Waals surface area (Å²) in [5.41, 5.74) is 0.632. The van der Waals surface area contributed by atoms with Crippen LogP contribution in [0, 0.1) is 5.92 Å². The number of rotatable bonds is 9. The van der Waals surface area contributed by atoms with Gasteiger partial charge in [-0.2, -0.15) is 12.7 Å². The lowest BCUT2D eigenvalue weighted by molar-refractivity contribution is -0.134. The first-order valence-corrected chi connectivity index (χ1v) is 16.3. The largest absolute Gasteiger partial charge is 0.488 e. The second-order valence-electron chi connectivity index (χ2n) is 9.91. The van der Waals surface area contributed by atoms with Gasteiger partial charge in [0.1, 0.15) is 16.1 Å². The number of carbonyl (C=O) groups excluding carboxylic acids is 1. The maximum absolute atomic E-state index is 13.4. The van der Waals surface area contributed by atoms with Gasteiger partial charge in [0.05, 0.1) is 31.9 Å². The van der Waals surface area contributed by atoms with Gasteiger partial charge in [-0.3, -0.25) is 9.52 Å². The van der Waals surface area contributed by atoms with E-state index in [0.717, 1.165) is 11.3 Å². The number of carbonyl (C=O) groups is 1. The molecule has 2 N–H and O–H groups in total. The van der Waals surface area contributed by atoms with E-state index in [9.17, 15) is 26.7 Å². The van der Waals surface area contributed by atoms with Crippen LogP contribution in [0.15, 0.2) is 57.5 Å². The molecular formula is C25H33N5O7S3. The summed E-state index contributed by atoms with van der Waals surface area (Å²) in [6.45, 7) is 3.56. The van der Waals surface area contributed by atoms with Crippen molar-refractivity contribution in [3.05, 3.63) is 53.8 Å². The number of aromatic nitrogens is 2. The number of imidazole rings is 1. The Balaban J connectivity index is 1.68. The number of hydrogen-bond donors (Lipinski definition) is 2. The fraction of sp³-hybridized carbons (Fsp3) is 0.440. The lowest BCUT2D eigenvalue weighted by Crippen LogP contribution is -2.48. The molecule has 40 heavy (non-hydrogen) atoms. The average molecular weight is 612 g/mol. The molecule has 1 aliphatic heterocycles. The summed E-state index contributed by atoms with van der Waals surface area (Å²) < 4.78 is 63.7. The van der Waals surface area contributed by atoms with Gasteiger partial charge in [-0.1, -0.05) is 13.0 Å². The van der Waals surface area contributed by atoms with Crippen molar-refractivity contribution in [2.24, 2.45) is 13.0 Å². The Labute approximate surface area is 238 Å². The van der Waals surface area contributed by atoms with Crippen LogP contribution >= 0.6 is 11.3 Å². The van der Waals surface area contributed by atoms with Crippen LogP contribution in [0.5, 0.6) is 5.75 Å². The Kier molecular flexibility index (Phi) is 8.89. The van der Waals surface area contributed by atoms with E-state index in [1.54, 1.807) is 36.4 Å². The van der Waals surface area contributed by atoms with E-state index in [2.05, 4.69) is 9.71 Å².